The molecule has 18 heavy (non-hydrogen) atoms. The zero-order valence-electron chi connectivity index (χ0n) is 9.51. The SMILES string of the molecule is Cc1cc(COc2c(F)cccc2C(=O)O)no1. The van der Waals surface area contributed by atoms with Crippen LogP contribution in [0.5, 0.6) is 5.75 Å². The van der Waals surface area contributed by atoms with E-state index in [-0.39, 0.29) is 17.9 Å². The van der Waals surface area contributed by atoms with Crippen molar-refractivity contribution >= 4 is 5.97 Å². The smallest absolute Gasteiger partial charge is 0.339 e. The fourth-order valence-electron chi connectivity index (χ4n) is 1.46. The average Bonchev–Trinajstić information content (AvgIpc) is 2.73. The molecule has 5 nitrogen and oxygen atoms in total. The number of aromatic carboxylic acids is 1. The summed E-state index contributed by atoms with van der Waals surface area (Å²) in [6.45, 7) is 1.65. The quantitative estimate of drug-likeness (QED) is 0.903. The van der Waals surface area contributed by atoms with Crippen molar-refractivity contribution in [2.75, 3.05) is 0 Å². The Balaban J connectivity index is 2.20. The second-order valence-corrected chi connectivity index (χ2v) is 3.64. The number of hydrogen-bond acceptors (Lipinski definition) is 4. The number of carboxylic acids is 1. The average molecular weight is 251 g/mol. The van der Waals surface area contributed by atoms with Crippen LogP contribution in [0, 0.1) is 12.7 Å². The Morgan fingerprint density at radius 1 is 1.56 bits per heavy atom. The van der Waals surface area contributed by atoms with Gasteiger partial charge in [-0.25, -0.2) is 9.18 Å². The normalized spacial score (nSPS) is 10.3. The van der Waals surface area contributed by atoms with Gasteiger partial charge in [0, 0.05) is 6.07 Å². The highest BCUT2D eigenvalue weighted by molar-refractivity contribution is 5.90. The summed E-state index contributed by atoms with van der Waals surface area (Å²) < 4.78 is 23.5. The zero-order chi connectivity index (χ0) is 13.1. The third-order valence-corrected chi connectivity index (χ3v) is 2.24. The van der Waals surface area contributed by atoms with E-state index in [9.17, 15) is 9.18 Å². The van der Waals surface area contributed by atoms with Gasteiger partial charge in [0.1, 0.15) is 23.6 Å². The summed E-state index contributed by atoms with van der Waals surface area (Å²) in [5.41, 5.74) is 0.238. The Labute approximate surface area is 102 Å². The summed E-state index contributed by atoms with van der Waals surface area (Å²) in [6, 6.07) is 5.35. The van der Waals surface area contributed by atoms with Crippen LogP contribution in [0.15, 0.2) is 28.8 Å². The summed E-state index contributed by atoms with van der Waals surface area (Å²) in [6.07, 6.45) is 0. The van der Waals surface area contributed by atoms with Crippen LogP contribution in [0.4, 0.5) is 4.39 Å². The summed E-state index contributed by atoms with van der Waals surface area (Å²) in [5, 5.41) is 12.6. The second-order valence-electron chi connectivity index (χ2n) is 3.64. The number of nitrogens with zero attached hydrogens (tertiary/aromatic N) is 1. The van der Waals surface area contributed by atoms with Crippen LogP contribution in [0.3, 0.4) is 0 Å². The van der Waals surface area contributed by atoms with E-state index < -0.39 is 11.8 Å². The number of rotatable bonds is 4. The van der Waals surface area contributed by atoms with Crippen LogP contribution in [0.1, 0.15) is 21.8 Å². The number of benzene rings is 1. The lowest BCUT2D eigenvalue weighted by Crippen LogP contribution is -2.05. The molecule has 94 valence electrons. The van der Waals surface area contributed by atoms with E-state index in [1.165, 1.54) is 12.1 Å². The first-order chi connectivity index (χ1) is 8.58. The maximum atomic E-state index is 13.5. The van der Waals surface area contributed by atoms with E-state index in [0.717, 1.165) is 6.07 Å². The van der Waals surface area contributed by atoms with Gasteiger partial charge in [-0.1, -0.05) is 11.2 Å². The maximum absolute atomic E-state index is 13.5. The third kappa shape index (κ3) is 2.48. The van der Waals surface area contributed by atoms with E-state index in [4.69, 9.17) is 14.4 Å². The lowest BCUT2D eigenvalue weighted by molar-refractivity contribution is 0.0690. The Hall–Kier alpha value is -2.37. The van der Waals surface area contributed by atoms with Crippen molar-refractivity contribution in [1.82, 2.24) is 5.16 Å². The minimum absolute atomic E-state index is 0.0570. The standard InChI is InChI=1S/C12H10FNO4/c1-7-5-8(14-18-7)6-17-11-9(12(15)16)3-2-4-10(11)13/h2-5H,6H2,1H3,(H,15,16). The Bertz CT molecular complexity index is 579. The van der Waals surface area contributed by atoms with Crippen molar-refractivity contribution in [2.45, 2.75) is 13.5 Å². The van der Waals surface area contributed by atoms with Crippen LogP contribution in [0.2, 0.25) is 0 Å². The lowest BCUT2D eigenvalue weighted by atomic mass is 10.2. The highest BCUT2D eigenvalue weighted by Crippen LogP contribution is 2.23. The van der Waals surface area contributed by atoms with E-state index in [1.54, 1.807) is 13.0 Å². The van der Waals surface area contributed by atoms with E-state index >= 15 is 0 Å². The number of halogens is 1. The summed E-state index contributed by atoms with van der Waals surface area (Å²) in [5.74, 6) is -1.68. The molecule has 2 rings (SSSR count). The Morgan fingerprint density at radius 3 is 2.94 bits per heavy atom. The van der Waals surface area contributed by atoms with E-state index in [2.05, 4.69) is 5.16 Å². The molecule has 1 aromatic carbocycles. The van der Waals surface area contributed by atoms with Crippen LogP contribution >= 0.6 is 0 Å². The molecule has 0 aliphatic heterocycles. The molecule has 1 N–H and O–H groups in total. The monoisotopic (exact) mass is 251 g/mol. The number of hydrogen-bond donors (Lipinski definition) is 1. The molecule has 0 aliphatic rings. The molecule has 0 bridgehead atoms. The second kappa shape index (κ2) is 4.87. The van der Waals surface area contributed by atoms with E-state index in [0.29, 0.717) is 11.5 Å². The van der Waals surface area contributed by atoms with Gasteiger partial charge in [0.25, 0.3) is 0 Å². The molecule has 0 aliphatic carbocycles. The molecule has 0 unspecified atom stereocenters. The van der Waals surface area contributed by atoms with Crippen molar-refractivity contribution in [1.29, 1.82) is 0 Å². The van der Waals surface area contributed by atoms with Gasteiger partial charge in [0.2, 0.25) is 0 Å². The number of carboxylic acid groups (broad SMARTS) is 1. The molecule has 0 spiro atoms. The molecule has 1 heterocycles. The molecule has 0 fully saturated rings. The van der Waals surface area contributed by atoms with Crippen LogP contribution in [0.25, 0.3) is 0 Å². The number of aryl methyl sites for hydroxylation is 1. The minimum atomic E-state index is -1.25. The molecule has 6 heteroatoms. The molecule has 0 amide bonds. The van der Waals surface area contributed by atoms with Gasteiger partial charge in [-0.15, -0.1) is 0 Å². The summed E-state index contributed by atoms with van der Waals surface area (Å²) in [4.78, 5) is 10.9. The van der Waals surface area contributed by atoms with Crippen LogP contribution in [-0.2, 0) is 6.61 Å². The lowest BCUT2D eigenvalue weighted by Gasteiger charge is -2.08. The largest absolute Gasteiger partial charge is 0.483 e. The predicted molar refractivity (Wildman–Crippen MR) is 58.9 cm³/mol. The topological polar surface area (TPSA) is 72.6 Å². The predicted octanol–water partition coefficient (Wildman–Crippen LogP) is 2.40. The number of carbonyl (C=O) groups is 1. The van der Waals surface area contributed by atoms with Gasteiger partial charge in [-0.3, -0.25) is 0 Å². The Kier molecular flexibility index (Phi) is 3.27. The minimum Gasteiger partial charge on any atom is -0.483 e. The van der Waals surface area contributed by atoms with Gasteiger partial charge in [0.15, 0.2) is 11.6 Å². The number of ether oxygens (including phenoxy) is 1. The van der Waals surface area contributed by atoms with Gasteiger partial charge >= 0.3 is 5.97 Å². The van der Waals surface area contributed by atoms with Gasteiger partial charge < -0.3 is 14.4 Å². The number of aromatic nitrogens is 1. The van der Waals surface area contributed by atoms with Crippen LogP contribution in [-0.4, -0.2) is 16.2 Å². The molecule has 0 atom stereocenters. The first kappa shape index (κ1) is 12.1. The molecular formula is C12H10FNO4. The van der Waals surface area contributed by atoms with Crippen LogP contribution < -0.4 is 4.74 Å². The third-order valence-electron chi connectivity index (χ3n) is 2.24. The first-order valence-corrected chi connectivity index (χ1v) is 5.14. The number of para-hydroxylation sites is 1. The highest BCUT2D eigenvalue weighted by atomic mass is 19.1. The molecule has 0 radical (unpaired) electrons. The van der Waals surface area contributed by atoms with Crippen molar-refractivity contribution in [3.63, 3.8) is 0 Å². The summed E-state index contributed by atoms with van der Waals surface area (Å²) in [7, 11) is 0. The van der Waals surface area contributed by atoms with Gasteiger partial charge in [-0.05, 0) is 19.1 Å². The first-order valence-electron chi connectivity index (χ1n) is 5.14. The molecule has 0 saturated heterocycles. The van der Waals surface area contributed by atoms with Crippen molar-refractivity contribution in [3.8, 4) is 5.75 Å². The fourth-order valence-corrected chi connectivity index (χ4v) is 1.46. The molecule has 0 saturated carbocycles. The van der Waals surface area contributed by atoms with Gasteiger partial charge in [-0.2, -0.15) is 0 Å². The molecule has 1 aromatic heterocycles. The molecule has 2 aromatic rings. The van der Waals surface area contributed by atoms with E-state index in [1.807, 2.05) is 0 Å². The molecular weight excluding hydrogens is 241 g/mol. The fraction of sp³-hybridized carbons (Fsp3) is 0.167. The highest BCUT2D eigenvalue weighted by Gasteiger charge is 2.16. The van der Waals surface area contributed by atoms with Crippen molar-refractivity contribution in [3.05, 3.63) is 47.1 Å². The maximum Gasteiger partial charge on any atom is 0.339 e. The Morgan fingerprint density at radius 2 is 2.33 bits per heavy atom. The summed E-state index contributed by atoms with van der Waals surface area (Å²) >= 11 is 0. The zero-order valence-corrected chi connectivity index (χ0v) is 9.51. The van der Waals surface area contributed by atoms with Crippen molar-refractivity contribution in [2.24, 2.45) is 0 Å². The van der Waals surface area contributed by atoms with Crippen molar-refractivity contribution < 1.29 is 23.6 Å². The van der Waals surface area contributed by atoms with Gasteiger partial charge in [0.05, 0.1) is 0 Å².